The van der Waals surface area contributed by atoms with E-state index in [-0.39, 0.29) is 12.5 Å². The van der Waals surface area contributed by atoms with Gasteiger partial charge < -0.3 is 10.0 Å². The third kappa shape index (κ3) is 2.76. The molecule has 0 radical (unpaired) electrons. The van der Waals surface area contributed by atoms with Gasteiger partial charge in [-0.25, -0.2) is 0 Å². The lowest BCUT2D eigenvalue weighted by molar-refractivity contribution is 0.0564. The van der Waals surface area contributed by atoms with Crippen LogP contribution in [0.1, 0.15) is 36.0 Å². The Balaban J connectivity index is 1.93. The second-order valence-corrected chi connectivity index (χ2v) is 5.54. The summed E-state index contributed by atoms with van der Waals surface area (Å²) in [4.78, 5) is 19.2. The first-order valence-corrected chi connectivity index (χ1v) is 7.57. The average molecular weight is 284 g/mol. The summed E-state index contributed by atoms with van der Waals surface area (Å²) in [5.41, 5.74) is 1.56. The number of pyridine rings is 1. The first kappa shape index (κ1) is 14.0. The first-order valence-electron chi connectivity index (χ1n) is 7.57. The van der Waals surface area contributed by atoms with Gasteiger partial charge in [-0.15, -0.1) is 0 Å². The Morgan fingerprint density at radius 1 is 1.29 bits per heavy atom. The molecule has 0 aliphatic heterocycles. The van der Waals surface area contributed by atoms with Crippen LogP contribution in [0, 0.1) is 0 Å². The van der Waals surface area contributed by atoms with Crippen LogP contribution in [0.25, 0.3) is 10.9 Å². The zero-order valence-electron chi connectivity index (χ0n) is 12.0. The molecule has 4 nitrogen and oxygen atoms in total. The molecule has 0 saturated heterocycles. The van der Waals surface area contributed by atoms with Crippen molar-refractivity contribution in [1.29, 1.82) is 0 Å². The highest BCUT2D eigenvalue weighted by Crippen LogP contribution is 2.28. The van der Waals surface area contributed by atoms with Crippen LogP contribution in [-0.4, -0.2) is 40.1 Å². The van der Waals surface area contributed by atoms with Gasteiger partial charge in [-0.2, -0.15) is 0 Å². The van der Waals surface area contributed by atoms with E-state index >= 15 is 0 Å². The van der Waals surface area contributed by atoms with Gasteiger partial charge in [0.2, 0.25) is 0 Å². The van der Waals surface area contributed by atoms with Crippen LogP contribution in [0.15, 0.2) is 36.5 Å². The highest BCUT2D eigenvalue weighted by molar-refractivity contribution is 6.06. The van der Waals surface area contributed by atoms with Gasteiger partial charge in [-0.05, 0) is 43.9 Å². The summed E-state index contributed by atoms with van der Waals surface area (Å²) in [5, 5.41) is 9.97. The summed E-state index contributed by atoms with van der Waals surface area (Å²) >= 11 is 0. The molecule has 1 N–H and O–H groups in total. The highest BCUT2D eigenvalue weighted by atomic mass is 16.3. The fourth-order valence-electron chi connectivity index (χ4n) is 2.83. The van der Waals surface area contributed by atoms with Crippen LogP contribution in [0.3, 0.4) is 0 Å². The van der Waals surface area contributed by atoms with Crippen molar-refractivity contribution in [3.8, 4) is 0 Å². The molecule has 0 atom stereocenters. The Morgan fingerprint density at radius 3 is 2.86 bits per heavy atom. The lowest BCUT2D eigenvalue weighted by atomic mass is 9.90. The van der Waals surface area contributed by atoms with Gasteiger partial charge in [0.1, 0.15) is 0 Å². The monoisotopic (exact) mass is 284 g/mol. The maximum atomic E-state index is 12.9. The number of carbonyl (C=O) groups excluding carboxylic acids is 1. The van der Waals surface area contributed by atoms with Crippen LogP contribution in [0.5, 0.6) is 0 Å². The van der Waals surface area contributed by atoms with Crippen LogP contribution < -0.4 is 0 Å². The molecule has 4 heteroatoms. The zero-order chi connectivity index (χ0) is 14.7. The number of fused-ring (bicyclic) bond motifs is 1. The molecular weight excluding hydrogens is 264 g/mol. The number of amides is 1. The number of aliphatic hydroxyl groups is 1. The molecule has 0 bridgehead atoms. The van der Waals surface area contributed by atoms with Crippen molar-refractivity contribution >= 4 is 16.8 Å². The molecule has 1 aromatic carbocycles. The SMILES string of the molecule is O=C(c1cccc2ncccc12)N(CCCO)C1CCC1. The number of hydrogen-bond donors (Lipinski definition) is 1. The summed E-state index contributed by atoms with van der Waals surface area (Å²) in [6.07, 6.45) is 5.70. The molecular formula is C17H20N2O2. The third-order valence-corrected chi connectivity index (χ3v) is 4.21. The van der Waals surface area contributed by atoms with Crippen molar-refractivity contribution < 1.29 is 9.90 Å². The quantitative estimate of drug-likeness (QED) is 0.918. The van der Waals surface area contributed by atoms with Crippen molar-refractivity contribution in [3.63, 3.8) is 0 Å². The van der Waals surface area contributed by atoms with E-state index < -0.39 is 0 Å². The molecule has 1 saturated carbocycles. The molecule has 0 unspecified atom stereocenters. The molecule has 110 valence electrons. The normalized spacial score (nSPS) is 14.9. The zero-order valence-corrected chi connectivity index (χ0v) is 12.0. The fraction of sp³-hybridized carbons (Fsp3) is 0.412. The van der Waals surface area contributed by atoms with Crippen LogP contribution in [0.4, 0.5) is 0 Å². The van der Waals surface area contributed by atoms with Crippen molar-refractivity contribution in [3.05, 3.63) is 42.1 Å². The van der Waals surface area contributed by atoms with Crippen molar-refractivity contribution in [2.24, 2.45) is 0 Å². The number of benzene rings is 1. The molecule has 1 aliphatic carbocycles. The van der Waals surface area contributed by atoms with Gasteiger partial charge >= 0.3 is 0 Å². The van der Waals surface area contributed by atoms with Crippen LogP contribution in [0.2, 0.25) is 0 Å². The van der Waals surface area contributed by atoms with E-state index in [0.29, 0.717) is 24.6 Å². The van der Waals surface area contributed by atoms with E-state index in [0.717, 1.165) is 23.7 Å². The summed E-state index contributed by atoms with van der Waals surface area (Å²) in [6.45, 7) is 0.740. The lowest BCUT2D eigenvalue weighted by Gasteiger charge is -2.37. The molecule has 1 fully saturated rings. The number of rotatable bonds is 5. The number of nitrogens with zero attached hydrogens (tertiary/aromatic N) is 2. The second-order valence-electron chi connectivity index (χ2n) is 5.54. The Hall–Kier alpha value is -1.94. The van der Waals surface area contributed by atoms with Crippen molar-refractivity contribution in [2.75, 3.05) is 13.2 Å². The Labute approximate surface area is 124 Å². The van der Waals surface area contributed by atoms with E-state index in [4.69, 9.17) is 5.11 Å². The summed E-state index contributed by atoms with van der Waals surface area (Å²) in [7, 11) is 0. The van der Waals surface area contributed by atoms with Gasteiger partial charge in [0.25, 0.3) is 5.91 Å². The van der Waals surface area contributed by atoms with Gasteiger partial charge in [-0.3, -0.25) is 9.78 Å². The van der Waals surface area contributed by atoms with Crippen LogP contribution >= 0.6 is 0 Å². The third-order valence-electron chi connectivity index (χ3n) is 4.21. The molecule has 21 heavy (non-hydrogen) atoms. The van der Waals surface area contributed by atoms with E-state index in [2.05, 4.69) is 4.98 Å². The molecule has 1 amide bonds. The van der Waals surface area contributed by atoms with Gasteiger partial charge in [0.05, 0.1) is 5.52 Å². The Bertz CT molecular complexity index is 632. The number of aliphatic hydroxyl groups excluding tert-OH is 1. The molecule has 1 heterocycles. The lowest BCUT2D eigenvalue weighted by Crippen LogP contribution is -2.45. The molecule has 3 rings (SSSR count). The van der Waals surface area contributed by atoms with E-state index in [1.54, 1.807) is 6.20 Å². The molecule has 1 aromatic heterocycles. The van der Waals surface area contributed by atoms with Crippen molar-refractivity contribution in [1.82, 2.24) is 9.88 Å². The largest absolute Gasteiger partial charge is 0.396 e. The minimum atomic E-state index is 0.0618. The standard InChI is InChI=1S/C17H20N2O2/c20-12-4-11-19(13-5-1-6-13)17(21)15-7-2-9-16-14(15)8-3-10-18-16/h2-3,7-10,13,20H,1,4-6,11-12H2. The summed E-state index contributed by atoms with van der Waals surface area (Å²) < 4.78 is 0. The number of aromatic nitrogens is 1. The fourth-order valence-corrected chi connectivity index (χ4v) is 2.83. The molecule has 1 aliphatic rings. The molecule has 2 aromatic rings. The first-order chi connectivity index (χ1) is 10.3. The van der Waals surface area contributed by atoms with E-state index in [1.165, 1.54) is 6.42 Å². The topological polar surface area (TPSA) is 53.4 Å². The average Bonchev–Trinajstić information content (AvgIpc) is 2.48. The van der Waals surface area contributed by atoms with Gasteiger partial charge in [0.15, 0.2) is 0 Å². The highest BCUT2D eigenvalue weighted by Gasteiger charge is 2.29. The maximum Gasteiger partial charge on any atom is 0.254 e. The predicted molar refractivity (Wildman–Crippen MR) is 82.1 cm³/mol. The minimum Gasteiger partial charge on any atom is -0.396 e. The number of carbonyl (C=O) groups is 1. The Morgan fingerprint density at radius 2 is 2.14 bits per heavy atom. The maximum absolute atomic E-state index is 12.9. The summed E-state index contributed by atoms with van der Waals surface area (Å²) in [5.74, 6) is 0.0618. The minimum absolute atomic E-state index is 0.0618. The van der Waals surface area contributed by atoms with Crippen LogP contribution in [-0.2, 0) is 0 Å². The summed E-state index contributed by atoms with van der Waals surface area (Å²) in [6, 6.07) is 9.81. The van der Waals surface area contributed by atoms with Gasteiger partial charge in [0, 0.05) is 36.3 Å². The second kappa shape index (κ2) is 6.22. The van der Waals surface area contributed by atoms with E-state index in [9.17, 15) is 4.79 Å². The smallest absolute Gasteiger partial charge is 0.254 e. The van der Waals surface area contributed by atoms with E-state index in [1.807, 2.05) is 35.2 Å². The Kier molecular flexibility index (Phi) is 4.15. The van der Waals surface area contributed by atoms with Gasteiger partial charge in [-0.1, -0.05) is 12.1 Å². The number of hydrogen-bond acceptors (Lipinski definition) is 3. The van der Waals surface area contributed by atoms with Crippen molar-refractivity contribution in [2.45, 2.75) is 31.7 Å². The molecule has 0 spiro atoms. The predicted octanol–water partition coefficient (Wildman–Crippen LogP) is 2.61.